The molecule has 0 aromatic heterocycles. The van der Waals surface area contributed by atoms with Crippen molar-refractivity contribution in [2.75, 3.05) is 111 Å². The number of rotatable bonds is 48. The van der Waals surface area contributed by atoms with Crippen LogP contribution in [0.1, 0.15) is 130 Å². The fraction of sp³-hybridized carbons (Fsp3) is 0.804. The van der Waals surface area contributed by atoms with Crippen LogP contribution in [0.3, 0.4) is 0 Å². The third-order valence-corrected chi connectivity index (χ3v) is 12.9. The van der Waals surface area contributed by atoms with Gasteiger partial charge in [-0.2, -0.15) is 0 Å². The molecule has 0 bridgehead atoms. The van der Waals surface area contributed by atoms with Gasteiger partial charge in [-0.15, -0.1) is 0 Å². The van der Waals surface area contributed by atoms with Crippen molar-refractivity contribution in [1.29, 1.82) is 0 Å². The molecule has 0 saturated carbocycles. The molecule has 67 heavy (non-hydrogen) atoms. The first-order chi connectivity index (χ1) is 32.5. The van der Waals surface area contributed by atoms with Gasteiger partial charge in [-0.25, -0.2) is 0 Å². The lowest BCUT2D eigenvalue weighted by Gasteiger charge is -2.16. The van der Waals surface area contributed by atoms with Crippen LogP contribution in [0.15, 0.2) is 30.3 Å². The fourth-order valence-corrected chi connectivity index (χ4v) is 8.50. The molecule has 3 atom stereocenters. The zero-order chi connectivity index (χ0) is 48.8. The van der Waals surface area contributed by atoms with Crippen molar-refractivity contribution in [3.8, 4) is 0 Å². The maximum absolute atomic E-state index is 12.1. The molecule has 0 spiro atoms. The largest absolute Gasteiger partial charge is 0.466 e. The van der Waals surface area contributed by atoms with Crippen molar-refractivity contribution in [3.05, 3.63) is 35.9 Å². The summed E-state index contributed by atoms with van der Waals surface area (Å²) in [6, 6.07) is 10.4. The first-order valence-electron chi connectivity index (χ1n) is 24.9. The average molecular weight is 989 g/mol. The second-order valence-corrected chi connectivity index (χ2v) is 20.0. The van der Waals surface area contributed by atoms with Crippen LogP contribution < -0.4 is 0 Å². The number of hydrogen-bond acceptors (Lipinski definition) is 16. The van der Waals surface area contributed by atoms with E-state index in [1.165, 1.54) is 56.9 Å². The molecule has 1 aromatic rings. The molecule has 1 aromatic carbocycles. The summed E-state index contributed by atoms with van der Waals surface area (Å²) < 4.78 is 53.4. The predicted octanol–water partition coefficient (Wildman–Crippen LogP) is 9.87. The molecule has 16 heteroatoms. The van der Waals surface area contributed by atoms with Crippen molar-refractivity contribution in [1.82, 2.24) is 0 Å². The third kappa shape index (κ3) is 44.5. The van der Waals surface area contributed by atoms with Crippen LogP contribution in [0, 0.1) is 23.7 Å². The van der Waals surface area contributed by atoms with E-state index in [-0.39, 0.29) is 71.3 Å². The number of benzene rings is 1. The Morgan fingerprint density at radius 2 is 0.716 bits per heavy atom. The summed E-state index contributed by atoms with van der Waals surface area (Å²) in [5.41, 5.74) is 1.32. The van der Waals surface area contributed by atoms with Gasteiger partial charge in [-0.1, -0.05) is 144 Å². The molecule has 14 nitrogen and oxygen atoms in total. The van der Waals surface area contributed by atoms with Crippen molar-refractivity contribution in [3.63, 3.8) is 0 Å². The molecular weight excluding hydrogens is 901 g/mol. The molecule has 0 saturated heterocycles. The van der Waals surface area contributed by atoms with Crippen LogP contribution in [-0.4, -0.2) is 135 Å². The molecule has 0 N–H and O–H groups in total. The van der Waals surface area contributed by atoms with E-state index in [0.29, 0.717) is 72.0 Å². The second kappa shape index (κ2) is 46.0. The molecule has 0 fully saturated rings. The van der Waals surface area contributed by atoms with E-state index < -0.39 is 17.9 Å². The van der Waals surface area contributed by atoms with Crippen LogP contribution in [0.2, 0.25) is 0 Å². The van der Waals surface area contributed by atoms with E-state index in [9.17, 15) is 19.2 Å². The van der Waals surface area contributed by atoms with Gasteiger partial charge in [0.15, 0.2) is 0 Å². The van der Waals surface area contributed by atoms with E-state index in [4.69, 9.17) is 47.4 Å². The minimum atomic E-state index is -0.514. The van der Waals surface area contributed by atoms with Gasteiger partial charge in [-0.05, 0) is 35.7 Å². The second-order valence-electron chi connectivity index (χ2n) is 17.4. The maximum Gasteiger partial charge on any atom is 0.306 e. The van der Waals surface area contributed by atoms with Crippen LogP contribution in [0.25, 0.3) is 0 Å². The molecule has 0 aliphatic rings. The van der Waals surface area contributed by atoms with Gasteiger partial charge in [0.05, 0.1) is 112 Å². The lowest BCUT2D eigenvalue weighted by molar-refractivity contribution is -0.152. The van der Waals surface area contributed by atoms with Gasteiger partial charge >= 0.3 is 23.9 Å². The van der Waals surface area contributed by atoms with Crippen molar-refractivity contribution in [2.24, 2.45) is 23.7 Å². The highest BCUT2D eigenvalue weighted by Crippen LogP contribution is 2.25. The molecule has 1 rings (SSSR count). The monoisotopic (exact) mass is 989 g/mol. The lowest BCUT2D eigenvalue weighted by Crippen LogP contribution is -2.17. The number of carbonyl (C=O) groups excluding carboxylic acids is 4. The van der Waals surface area contributed by atoms with Crippen LogP contribution in [0.4, 0.5) is 0 Å². The molecular formula is C51H88O14S2. The number of esters is 4. The first-order valence-corrected chi connectivity index (χ1v) is 27.4. The summed E-state index contributed by atoms with van der Waals surface area (Å²) in [6.45, 7) is 16.6. The van der Waals surface area contributed by atoms with Gasteiger partial charge < -0.3 is 47.4 Å². The lowest BCUT2D eigenvalue weighted by atomic mass is 9.91. The normalized spacial score (nSPS) is 12.7. The van der Waals surface area contributed by atoms with Gasteiger partial charge in [-0.3, -0.25) is 19.2 Å². The highest BCUT2D eigenvalue weighted by atomic mass is 33.1. The Bertz CT molecular complexity index is 1320. The topological polar surface area (TPSA) is 161 Å². The molecule has 0 aliphatic heterocycles. The van der Waals surface area contributed by atoms with Gasteiger partial charge in [0.1, 0.15) is 19.8 Å². The fourth-order valence-electron chi connectivity index (χ4n) is 6.57. The summed E-state index contributed by atoms with van der Waals surface area (Å²) in [7, 11) is 3.61. The zero-order valence-electron chi connectivity index (χ0n) is 41.9. The predicted molar refractivity (Wildman–Crippen MR) is 266 cm³/mol. The summed E-state index contributed by atoms with van der Waals surface area (Å²) in [5, 5.41) is 0. The van der Waals surface area contributed by atoms with E-state index in [1.807, 2.05) is 16.9 Å². The highest BCUT2D eigenvalue weighted by molar-refractivity contribution is 8.76. The Balaban J connectivity index is 1.80. The van der Waals surface area contributed by atoms with Gasteiger partial charge in [0, 0.05) is 11.5 Å². The Morgan fingerprint density at radius 1 is 0.388 bits per heavy atom. The minimum absolute atomic E-state index is 0.000287. The smallest absolute Gasteiger partial charge is 0.306 e. The Labute approximate surface area is 411 Å². The SMILES string of the molecule is CC(C)CCCC(C)CCCC(C)CCCC(C)CCOC(=O)CCC(=O)OCCOCCOCCOCCOC(=O)CCC(=O)OCCOCCOCCOCCSSCc1ccccc1. The van der Waals surface area contributed by atoms with Gasteiger partial charge in [0.25, 0.3) is 0 Å². The Kier molecular flexibility index (Phi) is 42.9. The molecule has 388 valence electrons. The number of carbonyl (C=O) groups is 4. The summed E-state index contributed by atoms with van der Waals surface area (Å²) in [4.78, 5) is 47.9. The maximum atomic E-state index is 12.1. The van der Waals surface area contributed by atoms with E-state index in [2.05, 4.69) is 58.9 Å². The molecule has 0 aliphatic carbocycles. The summed E-state index contributed by atoms with van der Waals surface area (Å²) in [5.74, 6) is 2.93. The highest BCUT2D eigenvalue weighted by Gasteiger charge is 2.13. The Morgan fingerprint density at radius 3 is 1.10 bits per heavy atom. The first kappa shape index (κ1) is 62.6. The number of ether oxygens (including phenoxy) is 10. The van der Waals surface area contributed by atoms with E-state index in [0.717, 1.165) is 42.1 Å². The molecule has 3 unspecified atom stereocenters. The quantitative estimate of drug-likeness (QED) is 0.0262. The Hall–Kier alpha value is -2.44. The summed E-state index contributed by atoms with van der Waals surface area (Å²) >= 11 is 0. The number of hydrogen-bond donors (Lipinski definition) is 0. The van der Waals surface area contributed by atoms with Crippen LogP contribution in [0.5, 0.6) is 0 Å². The standard InChI is InChI=1S/C51H88O14S2/c1-43(2)12-9-13-44(3)14-10-15-45(4)16-11-17-46(5)24-25-62-48(52)20-21-49(53)63-37-34-58-29-26-56-27-30-59-35-38-64-50(54)22-23-51(55)65-39-36-60-31-28-57-32-33-61-40-41-66-67-42-47-18-7-6-8-19-47/h6-8,18-19,43-46H,9-17,20-42H2,1-5H3. The molecule has 0 heterocycles. The van der Waals surface area contributed by atoms with Crippen molar-refractivity contribution in [2.45, 2.75) is 130 Å². The van der Waals surface area contributed by atoms with Crippen molar-refractivity contribution < 1.29 is 66.5 Å². The average Bonchev–Trinajstić information content (AvgIpc) is 3.30. The van der Waals surface area contributed by atoms with Gasteiger partial charge in [0.2, 0.25) is 0 Å². The van der Waals surface area contributed by atoms with E-state index >= 15 is 0 Å². The molecule has 0 radical (unpaired) electrons. The zero-order valence-corrected chi connectivity index (χ0v) is 43.5. The van der Waals surface area contributed by atoms with Crippen molar-refractivity contribution >= 4 is 45.5 Å². The van der Waals surface area contributed by atoms with E-state index in [1.54, 1.807) is 10.8 Å². The van der Waals surface area contributed by atoms with Crippen LogP contribution in [-0.2, 0) is 72.3 Å². The minimum Gasteiger partial charge on any atom is -0.466 e. The summed E-state index contributed by atoms with van der Waals surface area (Å²) in [6.07, 6.45) is 12.3. The molecule has 0 amide bonds. The third-order valence-electron chi connectivity index (χ3n) is 10.6. The van der Waals surface area contributed by atoms with Crippen LogP contribution >= 0.6 is 21.6 Å².